The minimum Gasteiger partial charge on any atom is -0.493 e. The number of benzene rings is 2. The maximum Gasteiger partial charge on any atom is 0.161 e. The summed E-state index contributed by atoms with van der Waals surface area (Å²) in [4.78, 5) is 0. The van der Waals surface area contributed by atoms with Gasteiger partial charge in [-0.2, -0.15) is 0 Å². The number of hydrogen-bond acceptors (Lipinski definition) is 5. The van der Waals surface area contributed by atoms with Crippen LogP contribution in [0.4, 0.5) is 0 Å². The van der Waals surface area contributed by atoms with Crippen LogP contribution in [0.2, 0.25) is 0 Å². The molecule has 2 aromatic carbocycles. The zero-order valence-corrected chi connectivity index (χ0v) is 16.3. The summed E-state index contributed by atoms with van der Waals surface area (Å²) in [6.07, 6.45) is 1.03. The molecule has 26 heavy (non-hydrogen) atoms. The van der Waals surface area contributed by atoms with Gasteiger partial charge in [-0.05, 0) is 62.2 Å². The van der Waals surface area contributed by atoms with Gasteiger partial charge in [-0.25, -0.2) is 0 Å². The van der Waals surface area contributed by atoms with Crippen molar-refractivity contribution in [1.29, 1.82) is 0 Å². The first-order valence-corrected chi connectivity index (χ1v) is 8.82. The largest absolute Gasteiger partial charge is 0.493 e. The van der Waals surface area contributed by atoms with Crippen molar-refractivity contribution in [3.63, 3.8) is 0 Å². The van der Waals surface area contributed by atoms with Crippen molar-refractivity contribution in [2.45, 2.75) is 32.9 Å². The smallest absolute Gasteiger partial charge is 0.161 e. The maximum absolute atomic E-state index is 5.75. The second-order valence-corrected chi connectivity index (χ2v) is 6.27. The Bertz CT molecular complexity index is 700. The Morgan fingerprint density at radius 3 is 2.00 bits per heavy atom. The first-order valence-electron chi connectivity index (χ1n) is 8.82. The molecule has 0 heterocycles. The van der Waals surface area contributed by atoms with Crippen molar-refractivity contribution in [3.8, 4) is 23.0 Å². The van der Waals surface area contributed by atoms with Crippen LogP contribution >= 0.6 is 0 Å². The third kappa shape index (κ3) is 5.56. The second kappa shape index (κ2) is 9.92. The standard InChI is InChI=1S/C21H29NO4/c1-15(2)26-19-9-7-17(13-21(19)25-5)14-22-11-10-16-6-8-18(23-3)20(12-16)24-4/h6-9,12-13,15,22H,10-11,14H2,1-5H3. The van der Waals surface area contributed by atoms with Crippen molar-refractivity contribution < 1.29 is 18.9 Å². The SMILES string of the molecule is COc1ccc(CCNCc2ccc(OC(C)C)c(OC)c2)cc1OC. The molecule has 0 aliphatic carbocycles. The lowest BCUT2D eigenvalue weighted by atomic mass is 10.1. The molecule has 1 N–H and O–H groups in total. The average molecular weight is 359 g/mol. The van der Waals surface area contributed by atoms with Crippen molar-refractivity contribution in [2.24, 2.45) is 0 Å². The first-order chi connectivity index (χ1) is 12.6. The number of ether oxygens (including phenoxy) is 4. The number of nitrogens with one attached hydrogen (secondary N) is 1. The monoisotopic (exact) mass is 359 g/mol. The summed E-state index contributed by atoms with van der Waals surface area (Å²) >= 11 is 0. The van der Waals surface area contributed by atoms with E-state index in [1.54, 1.807) is 21.3 Å². The third-order valence-corrected chi connectivity index (χ3v) is 3.96. The molecule has 0 saturated carbocycles. The molecule has 2 rings (SSSR count). The molecule has 0 bridgehead atoms. The van der Waals surface area contributed by atoms with Crippen LogP contribution in [0, 0.1) is 0 Å². The summed E-state index contributed by atoms with van der Waals surface area (Å²) in [5, 5.41) is 3.46. The summed E-state index contributed by atoms with van der Waals surface area (Å²) in [5.41, 5.74) is 2.36. The van der Waals surface area contributed by atoms with Gasteiger partial charge in [-0.15, -0.1) is 0 Å². The van der Waals surface area contributed by atoms with Crippen molar-refractivity contribution >= 4 is 0 Å². The lowest BCUT2D eigenvalue weighted by Crippen LogP contribution is -2.17. The van der Waals surface area contributed by atoms with Gasteiger partial charge in [0.1, 0.15) is 0 Å². The molecular weight excluding hydrogens is 330 g/mol. The van der Waals surface area contributed by atoms with Crippen LogP contribution in [0.3, 0.4) is 0 Å². The highest BCUT2D eigenvalue weighted by atomic mass is 16.5. The highest BCUT2D eigenvalue weighted by Gasteiger charge is 2.08. The van der Waals surface area contributed by atoms with Crippen molar-refractivity contribution in [3.05, 3.63) is 47.5 Å². The summed E-state index contributed by atoms with van der Waals surface area (Å²) < 4.78 is 21.8. The molecule has 0 radical (unpaired) electrons. The fourth-order valence-corrected chi connectivity index (χ4v) is 2.67. The number of methoxy groups -OCH3 is 3. The lowest BCUT2D eigenvalue weighted by molar-refractivity contribution is 0.230. The molecule has 142 valence electrons. The van der Waals surface area contributed by atoms with Gasteiger partial charge >= 0.3 is 0 Å². The Morgan fingerprint density at radius 2 is 1.35 bits per heavy atom. The molecule has 0 saturated heterocycles. The first kappa shape index (κ1) is 19.9. The summed E-state index contributed by atoms with van der Waals surface area (Å²) in [7, 11) is 4.96. The molecule has 0 aliphatic rings. The quantitative estimate of drug-likeness (QED) is 0.653. The van der Waals surface area contributed by atoms with E-state index in [2.05, 4.69) is 17.4 Å². The van der Waals surface area contributed by atoms with Crippen LogP contribution in [0.25, 0.3) is 0 Å². The van der Waals surface area contributed by atoms with Gasteiger partial charge in [0.25, 0.3) is 0 Å². The van der Waals surface area contributed by atoms with Gasteiger partial charge in [0, 0.05) is 6.54 Å². The van der Waals surface area contributed by atoms with Crippen molar-refractivity contribution in [1.82, 2.24) is 5.32 Å². The Hall–Kier alpha value is -2.40. The van der Waals surface area contributed by atoms with E-state index < -0.39 is 0 Å². The molecule has 0 spiro atoms. The third-order valence-electron chi connectivity index (χ3n) is 3.96. The molecule has 0 aliphatic heterocycles. The average Bonchev–Trinajstić information content (AvgIpc) is 2.65. The predicted molar refractivity (Wildman–Crippen MR) is 104 cm³/mol. The Kier molecular flexibility index (Phi) is 7.60. The van der Waals surface area contributed by atoms with Gasteiger partial charge in [0.05, 0.1) is 27.4 Å². The van der Waals surface area contributed by atoms with Gasteiger partial charge in [-0.1, -0.05) is 12.1 Å². The zero-order chi connectivity index (χ0) is 18.9. The molecule has 0 fully saturated rings. The summed E-state index contributed by atoms with van der Waals surface area (Å²) in [5.74, 6) is 3.05. The number of rotatable bonds is 10. The minimum absolute atomic E-state index is 0.120. The molecule has 0 unspecified atom stereocenters. The Morgan fingerprint density at radius 1 is 0.769 bits per heavy atom. The molecule has 2 aromatic rings. The predicted octanol–water partition coefficient (Wildman–Crippen LogP) is 3.83. The van der Waals surface area contributed by atoms with Crippen molar-refractivity contribution in [2.75, 3.05) is 27.9 Å². The van der Waals surface area contributed by atoms with Gasteiger partial charge in [0.2, 0.25) is 0 Å². The summed E-state index contributed by atoms with van der Waals surface area (Å²) in [6, 6.07) is 12.0. The number of hydrogen-bond donors (Lipinski definition) is 1. The summed E-state index contributed by atoms with van der Waals surface area (Å²) in [6.45, 7) is 5.64. The van der Waals surface area contributed by atoms with Gasteiger partial charge < -0.3 is 24.3 Å². The fraction of sp³-hybridized carbons (Fsp3) is 0.429. The molecule has 5 nitrogen and oxygen atoms in total. The molecule has 0 amide bonds. The maximum atomic E-state index is 5.75. The molecule has 5 heteroatoms. The highest BCUT2D eigenvalue weighted by molar-refractivity contribution is 5.44. The van der Waals surface area contributed by atoms with E-state index >= 15 is 0 Å². The van der Waals surface area contributed by atoms with Crippen LogP contribution in [0.5, 0.6) is 23.0 Å². The Balaban J connectivity index is 1.88. The highest BCUT2D eigenvalue weighted by Crippen LogP contribution is 2.29. The van der Waals surface area contributed by atoms with Crippen LogP contribution in [0.15, 0.2) is 36.4 Å². The normalized spacial score (nSPS) is 10.7. The second-order valence-electron chi connectivity index (χ2n) is 6.27. The zero-order valence-electron chi connectivity index (χ0n) is 16.3. The van der Waals surface area contributed by atoms with Gasteiger partial charge in [-0.3, -0.25) is 0 Å². The van der Waals surface area contributed by atoms with E-state index in [1.807, 2.05) is 38.1 Å². The van der Waals surface area contributed by atoms with Crippen LogP contribution in [0.1, 0.15) is 25.0 Å². The van der Waals surface area contributed by atoms with E-state index in [0.29, 0.717) is 0 Å². The topological polar surface area (TPSA) is 49.0 Å². The van der Waals surface area contributed by atoms with E-state index in [4.69, 9.17) is 18.9 Å². The fourth-order valence-electron chi connectivity index (χ4n) is 2.67. The molecule has 0 atom stereocenters. The Labute approximate surface area is 156 Å². The van der Waals surface area contributed by atoms with E-state index in [1.165, 1.54) is 5.56 Å². The molecular formula is C21H29NO4. The van der Waals surface area contributed by atoms with Crippen LogP contribution < -0.4 is 24.3 Å². The molecule has 0 aromatic heterocycles. The van der Waals surface area contributed by atoms with E-state index in [0.717, 1.165) is 48.1 Å². The van der Waals surface area contributed by atoms with Gasteiger partial charge in [0.15, 0.2) is 23.0 Å². The lowest BCUT2D eigenvalue weighted by Gasteiger charge is -2.15. The van der Waals surface area contributed by atoms with E-state index in [-0.39, 0.29) is 6.10 Å². The minimum atomic E-state index is 0.120. The van der Waals surface area contributed by atoms with E-state index in [9.17, 15) is 0 Å². The van der Waals surface area contributed by atoms with Crippen LogP contribution in [-0.4, -0.2) is 34.0 Å². The van der Waals surface area contributed by atoms with Crippen LogP contribution in [-0.2, 0) is 13.0 Å².